The Morgan fingerprint density at radius 3 is 2.70 bits per heavy atom. The number of thiocarbonyl (C=S) groups is 1. The number of nitrogens with zero attached hydrogens (tertiary/aromatic N) is 1. The van der Waals surface area contributed by atoms with Gasteiger partial charge in [0.05, 0.1) is 12.7 Å². The van der Waals surface area contributed by atoms with Gasteiger partial charge in [-0.3, -0.25) is 0 Å². The molecule has 27 heavy (non-hydrogen) atoms. The van der Waals surface area contributed by atoms with E-state index in [0.717, 1.165) is 36.4 Å². The third-order valence-electron chi connectivity index (χ3n) is 4.50. The Bertz CT molecular complexity index is 745. The number of hydrogen-bond donors (Lipinski definition) is 2. The molecule has 1 aliphatic rings. The number of rotatable bonds is 7. The van der Waals surface area contributed by atoms with Gasteiger partial charge < -0.3 is 24.8 Å². The maximum atomic E-state index is 10.1. The van der Waals surface area contributed by atoms with Crippen LogP contribution in [-0.4, -0.2) is 41.0 Å². The van der Waals surface area contributed by atoms with Crippen LogP contribution < -0.4 is 10.1 Å². The summed E-state index contributed by atoms with van der Waals surface area (Å²) in [5, 5.41) is 14.0. The summed E-state index contributed by atoms with van der Waals surface area (Å²) in [6, 6.07) is 15.1. The van der Waals surface area contributed by atoms with Crippen LogP contribution in [0.25, 0.3) is 0 Å². The molecular weight excluding hydrogens is 360 g/mol. The maximum Gasteiger partial charge on any atom is 0.173 e. The molecule has 0 spiro atoms. The number of phenols is 1. The number of para-hydroxylation sites is 1. The van der Waals surface area contributed by atoms with E-state index < -0.39 is 0 Å². The fraction of sp³-hybridized carbons (Fsp3) is 0.381. The van der Waals surface area contributed by atoms with Crippen molar-refractivity contribution in [3.63, 3.8) is 0 Å². The van der Waals surface area contributed by atoms with Gasteiger partial charge in [0.15, 0.2) is 5.11 Å². The van der Waals surface area contributed by atoms with Gasteiger partial charge in [0.1, 0.15) is 11.5 Å². The summed E-state index contributed by atoms with van der Waals surface area (Å²) in [4.78, 5) is 2.05. The van der Waals surface area contributed by atoms with E-state index >= 15 is 0 Å². The molecule has 2 aromatic rings. The van der Waals surface area contributed by atoms with Crippen LogP contribution in [0.1, 0.15) is 25.3 Å². The van der Waals surface area contributed by atoms with Crippen molar-refractivity contribution in [2.24, 2.45) is 0 Å². The Balaban J connectivity index is 1.70. The summed E-state index contributed by atoms with van der Waals surface area (Å²) in [6.45, 7) is 4.62. The van der Waals surface area contributed by atoms with Gasteiger partial charge in [0.25, 0.3) is 0 Å². The zero-order valence-electron chi connectivity index (χ0n) is 15.6. The van der Waals surface area contributed by atoms with Crippen LogP contribution in [0.15, 0.2) is 48.5 Å². The second-order valence-electron chi connectivity index (χ2n) is 6.53. The molecule has 0 saturated carbocycles. The van der Waals surface area contributed by atoms with E-state index in [0.29, 0.717) is 24.8 Å². The van der Waals surface area contributed by atoms with Crippen LogP contribution in [0.5, 0.6) is 11.5 Å². The number of nitrogens with one attached hydrogen (secondary N) is 1. The Morgan fingerprint density at radius 2 is 2.04 bits per heavy atom. The zero-order chi connectivity index (χ0) is 19.1. The Hall–Kier alpha value is -2.31. The van der Waals surface area contributed by atoms with Gasteiger partial charge in [-0.05, 0) is 62.3 Å². The lowest BCUT2D eigenvalue weighted by molar-refractivity contribution is 0.0904. The van der Waals surface area contributed by atoms with Crippen molar-refractivity contribution in [2.75, 3.05) is 25.1 Å². The van der Waals surface area contributed by atoms with Crippen LogP contribution in [0, 0.1) is 0 Å². The molecule has 2 N–H and O–H groups in total. The first-order valence-corrected chi connectivity index (χ1v) is 9.74. The van der Waals surface area contributed by atoms with Crippen molar-refractivity contribution in [1.29, 1.82) is 0 Å². The number of ether oxygens (including phenoxy) is 2. The smallest absolute Gasteiger partial charge is 0.173 e. The van der Waals surface area contributed by atoms with Crippen LogP contribution >= 0.6 is 12.2 Å². The van der Waals surface area contributed by atoms with E-state index in [4.69, 9.17) is 21.7 Å². The van der Waals surface area contributed by atoms with E-state index in [1.165, 1.54) is 0 Å². The van der Waals surface area contributed by atoms with Crippen molar-refractivity contribution in [3.05, 3.63) is 54.1 Å². The van der Waals surface area contributed by atoms with Gasteiger partial charge in [-0.15, -0.1) is 0 Å². The van der Waals surface area contributed by atoms with Crippen LogP contribution in [0.4, 0.5) is 5.69 Å². The van der Waals surface area contributed by atoms with Gasteiger partial charge in [-0.1, -0.05) is 18.2 Å². The Labute approximate surface area is 165 Å². The summed E-state index contributed by atoms with van der Waals surface area (Å²) >= 11 is 5.66. The zero-order valence-corrected chi connectivity index (χ0v) is 16.4. The lowest BCUT2D eigenvalue weighted by Gasteiger charge is -2.28. The first kappa shape index (κ1) is 19.5. The SMILES string of the molecule is CCOc1ccc(NC(=S)N(Cc2ccccc2O)C[C@H]2CCCO2)cc1. The highest BCUT2D eigenvalue weighted by Crippen LogP contribution is 2.22. The normalized spacial score (nSPS) is 16.1. The van der Waals surface area contributed by atoms with Crippen LogP contribution in [0.3, 0.4) is 0 Å². The lowest BCUT2D eigenvalue weighted by Crippen LogP contribution is -2.39. The minimum atomic E-state index is 0.163. The molecule has 0 aromatic heterocycles. The van der Waals surface area contributed by atoms with E-state index in [-0.39, 0.29) is 11.9 Å². The van der Waals surface area contributed by atoms with Crippen molar-refractivity contribution in [3.8, 4) is 11.5 Å². The molecule has 5 nitrogen and oxygen atoms in total. The molecule has 3 rings (SSSR count). The minimum Gasteiger partial charge on any atom is -0.508 e. The molecule has 0 amide bonds. The average molecular weight is 387 g/mol. The number of hydrogen-bond acceptors (Lipinski definition) is 4. The first-order chi connectivity index (χ1) is 13.2. The molecular formula is C21H26N2O3S. The number of aromatic hydroxyl groups is 1. The summed E-state index contributed by atoms with van der Waals surface area (Å²) in [5.74, 6) is 1.11. The van der Waals surface area contributed by atoms with Crippen molar-refractivity contribution >= 4 is 23.0 Å². The monoisotopic (exact) mass is 386 g/mol. The third kappa shape index (κ3) is 5.58. The van der Waals surface area contributed by atoms with E-state index in [1.54, 1.807) is 6.07 Å². The van der Waals surface area contributed by atoms with Crippen molar-refractivity contribution < 1.29 is 14.6 Å². The second-order valence-corrected chi connectivity index (χ2v) is 6.92. The predicted molar refractivity (Wildman–Crippen MR) is 111 cm³/mol. The van der Waals surface area contributed by atoms with Crippen molar-refractivity contribution in [1.82, 2.24) is 4.90 Å². The molecule has 2 aromatic carbocycles. The highest BCUT2D eigenvalue weighted by Gasteiger charge is 2.22. The van der Waals surface area contributed by atoms with Gasteiger partial charge in [-0.2, -0.15) is 0 Å². The first-order valence-electron chi connectivity index (χ1n) is 9.33. The highest BCUT2D eigenvalue weighted by molar-refractivity contribution is 7.80. The Morgan fingerprint density at radius 1 is 1.26 bits per heavy atom. The summed E-state index contributed by atoms with van der Waals surface area (Å²) in [5.41, 5.74) is 1.74. The molecule has 0 radical (unpaired) electrons. The molecule has 1 atom stereocenters. The fourth-order valence-corrected chi connectivity index (χ4v) is 3.36. The van der Waals surface area contributed by atoms with Gasteiger partial charge in [0, 0.05) is 30.9 Å². The van der Waals surface area contributed by atoms with Crippen LogP contribution in [-0.2, 0) is 11.3 Å². The average Bonchev–Trinajstić information content (AvgIpc) is 3.18. The van der Waals surface area contributed by atoms with Gasteiger partial charge >= 0.3 is 0 Å². The molecule has 1 aliphatic heterocycles. The molecule has 6 heteroatoms. The van der Waals surface area contributed by atoms with E-state index in [9.17, 15) is 5.11 Å². The fourth-order valence-electron chi connectivity index (χ4n) is 3.11. The maximum absolute atomic E-state index is 10.1. The summed E-state index contributed by atoms with van der Waals surface area (Å²) < 4.78 is 11.3. The van der Waals surface area contributed by atoms with Gasteiger partial charge in [-0.25, -0.2) is 0 Å². The number of phenolic OH excluding ortho intramolecular Hbond substituents is 1. The molecule has 0 unspecified atom stereocenters. The predicted octanol–water partition coefficient (Wildman–Crippen LogP) is 4.17. The van der Waals surface area contributed by atoms with E-state index in [1.807, 2.05) is 49.4 Å². The molecule has 0 bridgehead atoms. The second kappa shape index (κ2) is 9.58. The lowest BCUT2D eigenvalue weighted by atomic mass is 10.1. The third-order valence-corrected chi connectivity index (χ3v) is 4.86. The molecule has 1 saturated heterocycles. The largest absolute Gasteiger partial charge is 0.508 e. The molecule has 1 fully saturated rings. The molecule has 144 valence electrons. The minimum absolute atomic E-state index is 0.163. The highest BCUT2D eigenvalue weighted by atomic mass is 32.1. The summed E-state index contributed by atoms with van der Waals surface area (Å²) in [6.07, 6.45) is 2.27. The standard InChI is InChI=1S/C21H26N2O3S/c1-2-25-18-11-9-17(10-12-18)22-21(27)23(15-19-7-5-13-26-19)14-16-6-3-4-8-20(16)24/h3-4,6,8-12,19,24H,2,5,7,13-15H2,1H3,(H,22,27)/t19-/m1/s1. The summed E-state index contributed by atoms with van der Waals surface area (Å²) in [7, 11) is 0. The number of anilines is 1. The molecule has 1 heterocycles. The topological polar surface area (TPSA) is 54.0 Å². The number of benzene rings is 2. The Kier molecular flexibility index (Phi) is 6.90. The quantitative estimate of drug-likeness (QED) is 0.697. The molecule has 0 aliphatic carbocycles. The van der Waals surface area contributed by atoms with Gasteiger partial charge in [0.2, 0.25) is 0 Å². The van der Waals surface area contributed by atoms with E-state index in [2.05, 4.69) is 10.2 Å². The van der Waals surface area contributed by atoms with Crippen LogP contribution in [0.2, 0.25) is 0 Å². The van der Waals surface area contributed by atoms with Crippen molar-refractivity contribution in [2.45, 2.75) is 32.4 Å².